The van der Waals surface area contributed by atoms with Crippen LogP contribution in [0.3, 0.4) is 0 Å². The highest BCUT2D eigenvalue weighted by atomic mass is 35.5. The molecule has 0 aliphatic heterocycles. The van der Waals surface area contributed by atoms with E-state index in [4.69, 9.17) is 21.1 Å². The number of hydrogen-bond donors (Lipinski definition) is 0. The molecule has 0 aliphatic rings. The van der Waals surface area contributed by atoms with Gasteiger partial charge in [0.2, 0.25) is 0 Å². The topological polar surface area (TPSA) is 48.4 Å². The number of aromatic nitrogens is 1. The Bertz CT molecular complexity index is 586. The summed E-state index contributed by atoms with van der Waals surface area (Å²) in [6.07, 6.45) is 0. The number of para-hydroxylation sites is 1. The third kappa shape index (κ3) is 3.43. The Hall–Kier alpha value is -1.65. The van der Waals surface area contributed by atoms with Crippen LogP contribution in [0.15, 0.2) is 30.3 Å². The van der Waals surface area contributed by atoms with Gasteiger partial charge >= 0.3 is 5.97 Å². The molecule has 0 aliphatic carbocycles. The van der Waals surface area contributed by atoms with E-state index in [1.807, 2.05) is 25.1 Å². The second-order valence-corrected chi connectivity index (χ2v) is 4.25. The van der Waals surface area contributed by atoms with Gasteiger partial charge in [0.05, 0.1) is 17.1 Å². The van der Waals surface area contributed by atoms with Crippen LogP contribution in [0.1, 0.15) is 17.4 Å². The summed E-state index contributed by atoms with van der Waals surface area (Å²) in [6.45, 7) is 3.06. The van der Waals surface area contributed by atoms with Crippen LogP contribution in [0, 0.1) is 0 Å². The Balaban J connectivity index is 2.14. The average Bonchev–Trinajstić information content (AvgIpc) is 2.43. The fraction of sp³-hybridized carbons (Fsp3) is 0.286. The molecule has 0 spiro atoms. The first-order valence-electron chi connectivity index (χ1n) is 6.02. The molecule has 1 aromatic carbocycles. The van der Waals surface area contributed by atoms with Gasteiger partial charge in [-0.05, 0) is 19.1 Å². The summed E-state index contributed by atoms with van der Waals surface area (Å²) in [5.41, 5.74) is 0.881. The van der Waals surface area contributed by atoms with E-state index in [2.05, 4.69) is 4.98 Å². The van der Waals surface area contributed by atoms with Crippen molar-refractivity contribution in [2.24, 2.45) is 0 Å². The van der Waals surface area contributed by atoms with Crippen LogP contribution >= 0.6 is 11.6 Å². The summed E-state index contributed by atoms with van der Waals surface area (Å²) in [7, 11) is 0. The van der Waals surface area contributed by atoms with Gasteiger partial charge in [-0.3, -0.25) is 0 Å². The SMILES string of the molecule is CCOCCOC(=O)c1cc(Cl)c2ccccc2n1. The number of benzene rings is 1. The fourth-order valence-corrected chi connectivity index (χ4v) is 1.91. The molecule has 0 unspecified atom stereocenters. The zero-order valence-electron chi connectivity index (χ0n) is 10.6. The number of pyridine rings is 1. The minimum absolute atomic E-state index is 0.207. The van der Waals surface area contributed by atoms with Gasteiger partial charge < -0.3 is 9.47 Å². The highest BCUT2D eigenvalue weighted by Gasteiger charge is 2.12. The Morgan fingerprint density at radius 1 is 1.32 bits per heavy atom. The lowest BCUT2D eigenvalue weighted by molar-refractivity contribution is 0.0330. The van der Waals surface area contributed by atoms with Crippen molar-refractivity contribution >= 4 is 28.5 Å². The average molecular weight is 280 g/mol. The molecule has 5 heteroatoms. The Labute approximate surface area is 116 Å². The molecule has 0 saturated carbocycles. The molecule has 19 heavy (non-hydrogen) atoms. The maximum atomic E-state index is 11.8. The second kappa shape index (κ2) is 6.50. The van der Waals surface area contributed by atoms with E-state index >= 15 is 0 Å². The van der Waals surface area contributed by atoms with Gasteiger partial charge in [-0.25, -0.2) is 9.78 Å². The number of rotatable bonds is 5. The van der Waals surface area contributed by atoms with Crippen molar-refractivity contribution < 1.29 is 14.3 Å². The lowest BCUT2D eigenvalue weighted by atomic mass is 10.2. The fourth-order valence-electron chi connectivity index (χ4n) is 1.65. The molecule has 2 aromatic rings. The van der Waals surface area contributed by atoms with Gasteiger partial charge in [-0.15, -0.1) is 0 Å². The standard InChI is InChI=1S/C14H14ClNO3/c1-2-18-7-8-19-14(17)13-9-11(15)10-5-3-4-6-12(10)16-13/h3-6,9H,2,7-8H2,1H3. The Kier molecular flexibility index (Phi) is 4.71. The van der Waals surface area contributed by atoms with Gasteiger partial charge in [-0.1, -0.05) is 29.8 Å². The van der Waals surface area contributed by atoms with E-state index in [-0.39, 0.29) is 12.3 Å². The molecule has 4 nitrogen and oxygen atoms in total. The molecule has 0 saturated heterocycles. The normalized spacial score (nSPS) is 10.6. The van der Waals surface area contributed by atoms with Crippen molar-refractivity contribution in [2.75, 3.05) is 19.8 Å². The van der Waals surface area contributed by atoms with E-state index in [0.29, 0.717) is 23.8 Å². The van der Waals surface area contributed by atoms with Crippen LogP contribution in [0.25, 0.3) is 10.9 Å². The second-order valence-electron chi connectivity index (χ2n) is 3.84. The summed E-state index contributed by atoms with van der Waals surface area (Å²) in [6, 6.07) is 8.89. The van der Waals surface area contributed by atoms with Gasteiger partial charge in [0.1, 0.15) is 6.61 Å². The lowest BCUT2D eigenvalue weighted by Gasteiger charge is -2.06. The number of esters is 1. The van der Waals surface area contributed by atoms with Gasteiger partial charge in [0.15, 0.2) is 5.69 Å². The number of carbonyl (C=O) groups excluding carboxylic acids is 1. The van der Waals surface area contributed by atoms with Crippen LogP contribution in [-0.2, 0) is 9.47 Å². The van der Waals surface area contributed by atoms with Gasteiger partial charge in [-0.2, -0.15) is 0 Å². The van der Waals surface area contributed by atoms with Crippen molar-refractivity contribution in [1.29, 1.82) is 0 Å². The summed E-state index contributed by atoms with van der Waals surface area (Å²) in [5, 5.41) is 1.30. The van der Waals surface area contributed by atoms with E-state index in [0.717, 1.165) is 5.39 Å². The van der Waals surface area contributed by atoms with Crippen LogP contribution < -0.4 is 0 Å². The predicted octanol–water partition coefficient (Wildman–Crippen LogP) is 3.08. The molecule has 100 valence electrons. The zero-order chi connectivity index (χ0) is 13.7. The molecular formula is C14H14ClNO3. The molecule has 0 bridgehead atoms. The zero-order valence-corrected chi connectivity index (χ0v) is 11.3. The molecule has 0 amide bonds. The minimum Gasteiger partial charge on any atom is -0.459 e. The quantitative estimate of drug-likeness (QED) is 0.623. The summed E-state index contributed by atoms with van der Waals surface area (Å²) in [5.74, 6) is -0.493. The van der Waals surface area contributed by atoms with Crippen LogP contribution in [-0.4, -0.2) is 30.8 Å². The molecular weight excluding hydrogens is 266 g/mol. The lowest BCUT2D eigenvalue weighted by Crippen LogP contribution is -2.12. The monoisotopic (exact) mass is 279 g/mol. The van der Waals surface area contributed by atoms with Crippen LogP contribution in [0.4, 0.5) is 0 Å². The van der Waals surface area contributed by atoms with Gasteiger partial charge in [0, 0.05) is 12.0 Å². The van der Waals surface area contributed by atoms with E-state index in [9.17, 15) is 4.79 Å². The molecule has 2 rings (SSSR count). The number of ether oxygens (including phenoxy) is 2. The largest absolute Gasteiger partial charge is 0.459 e. The highest BCUT2D eigenvalue weighted by Crippen LogP contribution is 2.22. The molecule has 1 heterocycles. The summed E-state index contributed by atoms with van der Waals surface area (Å²) < 4.78 is 10.1. The molecule has 0 atom stereocenters. The van der Waals surface area contributed by atoms with Crippen LogP contribution in [0.5, 0.6) is 0 Å². The highest BCUT2D eigenvalue weighted by molar-refractivity contribution is 6.35. The van der Waals surface area contributed by atoms with Crippen molar-refractivity contribution in [1.82, 2.24) is 4.98 Å². The van der Waals surface area contributed by atoms with Crippen molar-refractivity contribution in [2.45, 2.75) is 6.92 Å². The number of carbonyl (C=O) groups is 1. The van der Waals surface area contributed by atoms with Crippen molar-refractivity contribution in [3.63, 3.8) is 0 Å². The minimum atomic E-state index is -0.493. The number of fused-ring (bicyclic) bond motifs is 1. The first kappa shape index (κ1) is 13.8. The number of hydrogen-bond acceptors (Lipinski definition) is 4. The Morgan fingerprint density at radius 2 is 2.11 bits per heavy atom. The number of nitrogens with zero attached hydrogens (tertiary/aromatic N) is 1. The van der Waals surface area contributed by atoms with Crippen molar-refractivity contribution in [3.8, 4) is 0 Å². The van der Waals surface area contributed by atoms with E-state index < -0.39 is 5.97 Å². The predicted molar refractivity (Wildman–Crippen MR) is 73.5 cm³/mol. The molecule has 1 aromatic heterocycles. The molecule has 0 N–H and O–H groups in total. The smallest absolute Gasteiger partial charge is 0.357 e. The van der Waals surface area contributed by atoms with Gasteiger partial charge in [0.25, 0.3) is 0 Å². The number of halogens is 1. The molecule has 0 fully saturated rings. The maximum absolute atomic E-state index is 11.8. The van der Waals surface area contributed by atoms with Crippen molar-refractivity contribution in [3.05, 3.63) is 41.0 Å². The first-order chi connectivity index (χ1) is 9.22. The molecule has 0 radical (unpaired) electrons. The third-order valence-corrected chi connectivity index (χ3v) is 2.85. The summed E-state index contributed by atoms with van der Waals surface area (Å²) >= 11 is 6.12. The summed E-state index contributed by atoms with van der Waals surface area (Å²) in [4.78, 5) is 16.0. The maximum Gasteiger partial charge on any atom is 0.357 e. The van der Waals surface area contributed by atoms with E-state index in [1.165, 1.54) is 6.07 Å². The third-order valence-electron chi connectivity index (χ3n) is 2.54. The van der Waals surface area contributed by atoms with E-state index in [1.54, 1.807) is 6.07 Å². The van der Waals surface area contributed by atoms with Crippen LogP contribution in [0.2, 0.25) is 5.02 Å². The Morgan fingerprint density at radius 3 is 2.89 bits per heavy atom. The first-order valence-corrected chi connectivity index (χ1v) is 6.40.